The lowest BCUT2D eigenvalue weighted by Crippen LogP contribution is -2.32. The van der Waals surface area contributed by atoms with Crippen molar-refractivity contribution in [1.82, 2.24) is 30.0 Å². The van der Waals surface area contributed by atoms with Crippen molar-refractivity contribution in [2.45, 2.75) is 38.8 Å². The molecule has 3 aromatic heterocycles. The van der Waals surface area contributed by atoms with Gasteiger partial charge in [-0.25, -0.2) is 4.98 Å². The van der Waals surface area contributed by atoms with Crippen molar-refractivity contribution in [3.05, 3.63) is 48.1 Å². The van der Waals surface area contributed by atoms with Crippen molar-refractivity contribution >= 4 is 5.91 Å². The molecule has 3 aromatic rings. The Morgan fingerprint density at radius 2 is 2.28 bits per heavy atom. The predicted molar refractivity (Wildman–Crippen MR) is 88.3 cm³/mol. The van der Waals surface area contributed by atoms with E-state index in [1.807, 2.05) is 23.6 Å². The standard InChI is InChI=1S/C17H18N6O2/c1-11-4-5-12(25-11)9-20-17(24)13-3-2-8-23-15(13)21-22-16(23)14-10-18-6-7-19-14/h4-7,10,13H,2-3,8-9H2,1H3,(H,20,24). The van der Waals surface area contributed by atoms with Crippen LogP contribution in [0.15, 0.2) is 35.1 Å². The van der Waals surface area contributed by atoms with Crippen molar-refractivity contribution in [2.75, 3.05) is 0 Å². The van der Waals surface area contributed by atoms with Crippen LogP contribution in [-0.2, 0) is 17.9 Å². The number of furan rings is 1. The van der Waals surface area contributed by atoms with Gasteiger partial charge in [0.05, 0.1) is 18.7 Å². The van der Waals surface area contributed by atoms with E-state index < -0.39 is 0 Å². The third-order valence-corrected chi connectivity index (χ3v) is 4.31. The molecule has 1 amide bonds. The number of rotatable bonds is 4. The number of hydrogen-bond acceptors (Lipinski definition) is 6. The summed E-state index contributed by atoms with van der Waals surface area (Å²) in [5.74, 6) is 2.52. The molecule has 8 heteroatoms. The lowest BCUT2D eigenvalue weighted by Gasteiger charge is -2.22. The van der Waals surface area contributed by atoms with E-state index >= 15 is 0 Å². The molecule has 8 nitrogen and oxygen atoms in total. The third kappa shape index (κ3) is 3.02. The number of fused-ring (bicyclic) bond motifs is 1. The SMILES string of the molecule is Cc1ccc(CNC(=O)C2CCCn3c(-c4cnccn4)nnc32)o1. The van der Waals surface area contributed by atoms with Gasteiger partial charge in [0.25, 0.3) is 0 Å². The summed E-state index contributed by atoms with van der Waals surface area (Å²) in [4.78, 5) is 21.0. The second-order valence-corrected chi connectivity index (χ2v) is 6.05. The van der Waals surface area contributed by atoms with Crippen LogP contribution >= 0.6 is 0 Å². The molecule has 0 saturated carbocycles. The highest BCUT2D eigenvalue weighted by molar-refractivity contribution is 5.83. The van der Waals surface area contributed by atoms with Crippen LogP contribution in [0.1, 0.15) is 36.1 Å². The first-order valence-electron chi connectivity index (χ1n) is 8.25. The van der Waals surface area contributed by atoms with E-state index in [0.717, 1.165) is 30.9 Å². The summed E-state index contributed by atoms with van der Waals surface area (Å²) in [7, 11) is 0. The molecule has 0 saturated heterocycles. The summed E-state index contributed by atoms with van der Waals surface area (Å²) in [5.41, 5.74) is 0.661. The summed E-state index contributed by atoms with van der Waals surface area (Å²) in [6.07, 6.45) is 6.52. The molecule has 1 atom stereocenters. The average Bonchev–Trinajstić information content (AvgIpc) is 3.26. The van der Waals surface area contributed by atoms with Gasteiger partial charge in [0.1, 0.15) is 23.0 Å². The van der Waals surface area contributed by atoms with Crippen LogP contribution in [0.4, 0.5) is 0 Å². The number of hydrogen-bond donors (Lipinski definition) is 1. The van der Waals surface area contributed by atoms with Crippen molar-refractivity contribution < 1.29 is 9.21 Å². The van der Waals surface area contributed by atoms with E-state index in [9.17, 15) is 4.79 Å². The molecule has 1 aliphatic rings. The molecule has 0 aliphatic carbocycles. The van der Waals surface area contributed by atoms with Crippen LogP contribution in [0.2, 0.25) is 0 Å². The predicted octanol–water partition coefficient (Wildman–Crippen LogP) is 1.83. The topological polar surface area (TPSA) is 98.7 Å². The minimum absolute atomic E-state index is 0.0619. The fraction of sp³-hybridized carbons (Fsp3) is 0.353. The number of nitrogens with one attached hydrogen (secondary N) is 1. The Kier molecular flexibility index (Phi) is 4.01. The lowest BCUT2D eigenvalue weighted by molar-refractivity contribution is -0.123. The molecule has 0 spiro atoms. The Labute approximate surface area is 144 Å². The smallest absolute Gasteiger partial charge is 0.231 e. The quantitative estimate of drug-likeness (QED) is 0.779. The molecule has 25 heavy (non-hydrogen) atoms. The molecule has 1 aliphatic heterocycles. The fourth-order valence-corrected chi connectivity index (χ4v) is 3.11. The van der Waals surface area contributed by atoms with E-state index in [2.05, 4.69) is 25.5 Å². The Hall–Kier alpha value is -3.03. The van der Waals surface area contributed by atoms with Crippen molar-refractivity contribution in [3.63, 3.8) is 0 Å². The van der Waals surface area contributed by atoms with Gasteiger partial charge in [-0.15, -0.1) is 10.2 Å². The molecule has 0 aromatic carbocycles. The Morgan fingerprint density at radius 1 is 1.36 bits per heavy atom. The van der Waals surface area contributed by atoms with E-state index in [-0.39, 0.29) is 11.8 Å². The molecule has 1 N–H and O–H groups in total. The molecule has 0 bridgehead atoms. The molecular weight excluding hydrogens is 320 g/mol. The fourth-order valence-electron chi connectivity index (χ4n) is 3.11. The number of aryl methyl sites for hydroxylation is 1. The third-order valence-electron chi connectivity index (χ3n) is 4.31. The van der Waals surface area contributed by atoms with Gasteiger partial charge in [0, 0.05) is 18.9 Å². The summed E-state index contributed by atoms with van der Waals surface area (Å²) >= 11 is 0. The van der Waals surface area contributed by atoms with E-state index in [1.165, 1.54) is 0 Å². The number of aromatic nitrogens is 5. The Bertz CT molecular complexity index is 886. The molecule has 4 heterocycles. The van der Waals surface area contributed by atoms with Gasteiger partial charge in [-0.05, 0) is 31.9 Å². The van der Waals surface area contributed by atoms with Gasteiger partial charge < -0.3 is 14.3 Å². The Morgan fingerprint density at radius 3 is 3.04 bits per heavy atom. The highest BCUT2D eigenvalue weighted by Gasteiger charge is 2.31. The van der Waals surface area contributed by atoms with Gasteiger partial charge in [-0.2, -0.15) is 0 Å². The molecular formula is C17H18N6O2. The maximum Gasteiger partial charge on any atom is 0.231 e. The summed E-state index contributed by atoms with van der Waals surface area (Å²) in [6, 6.07) is 3.75. The molecule has 1 unspecified atom stereocenters. The zero-order valence-electron chi connectivity index (χ0n) is 13.8. The summed E-state index contributed by atoms with van der Waals surface area (Å²) in [5, 5.41) is 11.4. The lowest BCUT2D eigenvalue weighted by atomic mass is 9.97. The molecule has 128 valence electrons. The maximum atomic E-state index is 12.6. The molecule has 0 radical (unpaired) electrons. The first kappa shape index (κ1) is 15.5. The highest BCUT2D eigenvalue weighted by Crippen LogP contribution is 2.29. The molecule has 0 fully saturated rings. The van der Waals surface area contributed by atoms with Gasteiger partial charge >= 0.3 is 0 Å². The number of nitrogens with zero attached hydrogens (tertiary/aromatic N) is 5. The second kappa shape index (κ2) is 6.46. The van der Waals surface area contributed by atoms with E-state index in [4.69, 9.17) is 4.42 Å². The van der Waals surface area contributed by atoms with Gasteiger partial charge in [0.15, 0.2) is 5.82 Å². The Balaban J connectivity index is 1.53. The first-order chi connectivity index (χ1) is 12.2. The zero-order chi connectivity index (χ0) is 17.2. The van der Waals surface area contributed by atoms with Gasteiger partial charge in [-0.3, -0.25) is 9.78 Å². The number of carbonyl (C=O) groups excluding carboxylic acids is 1. The van der Waals surface area contributed by atoms with Crippen LogP contribution in [-0.4, -0.2) is 30.6 Å². The number of carbonyl (C=O) groups is 1. The zero-order valence-corrected chi connectivity index (χ0v) is 13.8. The highest BCUT2D eigenvalue weighted by atomic mass is 16.3. The van der Waals surface area contributed by atoms with Crippen molar-refractivity contribution in [3.8, 4) is 11.5 Å². The monoisotopic (exact) mass is 338 g/mol. The normalized spacial score (nSPS) is 16.4. The minimum Gasteiger partial charge on any atom is -0.465 e. The average molecular weight is 338 g/mol. The van der Waals surface area contributed by atoms with E-state index in [0.29, 0.717) is 23.9 Å². The summed E-state index contributed by atoms with van der Waals surface area (Å²) in [6.45, 7) is 3.02. The number of amides is 1. The summed E-state index contributed by atoms with van der Waals surface area (Å²) < 4.78 is 7.46. The van der Waals surface area contributed by atoms with Crippen molar-refractivity contribution in [1.29, 1.82) is 0 Å². The van der Waals surface area contributed by atoms with Crippen LogP contribution in [0.5, 0.6) is 0 Å². The van der Waals surface area contributed by atoms with Gasteiger partial charge in [0.2, 0.25) is 5.91 Å². The molecule has 4 rings (SSSR count). The largest absolute Gasteiger partial charge is 0.465 e. The second-order valence-electron chi connectivity index (χ2n) is 6.05. The van der Waals surface area contributed by atoms with Crippen LogP contribution in [0, 0.1) is 6.92 Å². The van der Waals surface area contributed by atoms with Crippen LogP contribution in [0.25, 0.3) is 11.5 Å². The van der Waals surface area contributed by atoms with E-state index in [1.54, 1.807) is 18.6 Å². The van der Waals surface area contributed by atoms with Crippen molar-refractivity contribution in [2.24, 2.45) is 0 Å². The maximum absolute atomic E-state index is 12.6. The minimum atomic E-state index is -0.317. The first-order valence-corrected chi connectivity index (χ1v) is 8.25. The van der Waals surface area contributed by atoms with Crippen LogP contribution < -0.4 is 5.32 Å². The van der Waals surface area contributed by atoms with Gasteiger partial charge in [-0.1, -0.05) is 0 Å². The van der Waals surface area contributed by atoms with Crippen LogP contribution in [0.3, 0.4) is 0 Å².